The van der Waals surface area contributed by atoms with Crippen molar-refractivity contribution < 1.29 is 9.47 Å². The molecule has 7 aromatic carbocycles. The van der Waals surface area contributed by atoms with E-state index in [1.807, 2.05) is 121 Å². The van der Waals surface area contributed by atoms with Crippen molar-refractivity contribution in [1.82, 2.24) is 0 Å². The number of benzene rings is 7. The summed E-state index contributed by atoms with van der Waals surface area (Å²) in [5.74, 6) is 3.01. The van der Waals surface area contributed by atoms with E-state index >= 15 is 0 Å². The molecule has 0 spiro atoms. The van der Waals surface area contributed by atoms with Gasteiger partial charge in [0.15, 0.2) is 23.0 Å². The van der Waals surface area contributed by atoms with Gasteiger partial charge in [-0.05, 0) is 109 Å². The summed E-state index contributed by atoms with van der Waals surface area (Å²) >= 11 is 0. The van der Waals surface area contributed by atoms with Crippen LogP contribution in [0, 0.1) is 36.5 Å². The zero-order chi connectivity index (χ0) is 35.3. The molecule has 0 aromatic heterocycles. The van der Waals surface area contributed by atoms with Crippen molar-refractivity contribution in [2.75, 3.05) is 9.80 Å². The molecule has 0 bridgehead atoms. The highest BCUT2D eigenvalue weighted by molar-refractivity contribution is 6.06. The molecule has 2 aliphatic rings. The van der Waals surface area contributed by atoms with Crippen LogP contribution in [0.4, 0.5) is 34.1 Å². The van der Waals surface area contributed by atoms with Crippen molar-refractivity contribution in [2.45, 2.75) is 13.8 Å². The second-order valence-electron chi connectivity index (χ2n) is 12.8. The Morgan fingerprint density at radius 1 is 0.404 bits per heavy atom. The van der Waals surface area contributed by atoms with E-state index in [2.05, 4.69) is 60.1 Å². The first kappa shape index (κ1) is 30.8. The summed E-state index contributed by atoms with van der Waals surface area (Å²) in [7, 11) is 0. The summed E-state index contributed by atoms with van der Waals surface area (Å²) in [6.07, 6.45) is 0. The Labute approximate surface area is 302 Å². The van der Waals surface area contributed by atoms with Crippen molar-refractivity contribution in [3.05, 3.63) is 168 Å². The standard InChI is InChI=1S/C46H30N4O2/c1-29-43(33-23-19-31(27-47)20-24-33)45(49-35-11-3-7-15-39(35)51-40-16-8-4-12-36(40)49)30(2)46(44(29)34-25-21-32(28-48)22-26-34)50-37-13-5-9-17-41(37)52-42-18-10-6-14-38(42)50/h3-26H,1-2H3. The highest BCUT2D eigenvalue weighted by Gasteiger charge is 2.36. The van der Waals surface area contributed by atoms with E-state index in [-0.39, 0.29) is 0 Å². The predicted octanol–water partition coefficient (Wildman–Crippen LogP) is 12.5. The van der Waals surface area contributed by atoms with Crippen molar-refractivity contribution in [3.8, 4) is 57.4 Å². The van der Waals surface area contributed by atoms with Crippen LogP contribution >= 0.6 is 0 Å². The fraction of sp³-hybridized carbons (Fsp3) is 0.0435. The number of nitriles is 2. The third-order valence-electron chi connectivity index (χ3n) is 9.85. The lowest BCUT2D eigenvalue weighted by molar-refractivity contribution is 0.477. The van der Waals surface area contributed by atoms with Crippen LogP contribution in [0.5, 0.6) is 23.0 Å². The van der Waals surface area contributed by atoms with Crippen LogP contribution in [0.1, 0.15) is 22.3 Å². The summed E-state index contributed by atoms with van der Waals surface area (Å²) in [4.78, 5) is 4.63. The average molecular weight is 671 g/mol. The SMILES string of the molecule is Cc1c(-c2ccc(C#N)cc2)c(N2c3ccccc3Oc3ccccc32)c(C)c(N2c3ccccc3Oc3ccccc32)c1-c1ccc(C#N)cc1. The van der Waals surface area contributed by atoms with E-state index in [9.17, 15) is 10.5 Å². The minimum absolute atomic E-state index is 0.590. The molecular formula is C46H30N4O2. The van der Waals surface area contributed by atoms with E-state index in [0.717, 1.165) is 90.5 Å². The number of fused-ring (bicyclic) bond motifs is 4. The van der Waals surface area contributed by atoms with Crippen LogP contribution in [0.3, 0.4) is 0 Å². The molecule has 9 rings (SSSR count). The number of para-hydroxylation sites is 8. The first-order valence-electron chi connectivity index (χ1n) is 17.1. The number of nitrogens with zero attached hydrogens (tertiary/aromatic N) is 4. The molecule has 52 heavy (non-hydrogen) atoms. The van der Waals surface area contributed by atoms with E-state index in [4.69, 9.17) is 9.47 Å². The monoisotopic (exact) mass is 670 g/mol. The molecule has 0 amide bonds. The Balaban J connectivity index is 1.47. The van der Waals surface area contributed by atoms with E-state index in [0.29, 0.717) is 11.1 Å². The highest BCUT2D eigenvalue weighted by Crippen LogP contribution is 2.60. The fourth-order valence-electron chi connectivity index (χ4n) is 7.55. The van der Waals surface area contributed by atoms with Crippen LogP contribution in [0.2, 0.25) is 0 Å². The van der Waals surface area contributed by atoms with Gasteiger partial charge in [-0.15, -0.1) is 0 Å². The molecule has 6 nitrogen and oxygen atoms in total. The summed E-state index contributed by atoms with van der Waals surface area (Å²) in [6, 6.07) is 52.7. The number of hydrogen-bond acceptors (Lipinski definition) is 6. The minimum atomic E-state index is 0.590. The molecule has 0 unspecified atom stereocenters. The number of hydrogen-bond donors (Lipinski definition) is 0. The maximum atomic E-state index is 9.74. The normalized spacial score (nSPS) is 12.2. The van der Waals surface area contributed by atoms with Gasteiger partial charge in [0.25, 0.3) is 0 Å². The van der Waals surface area contributed by atoms with Gasteiger partial charge in [0.05, 0.1) is 57.4 Å². The summed E-state index contributed by atoms with van der Waals surface area (Å²) in [5, 5.41) is 19.5. The maximum absolute atomic E-state index is 9.74. The Bertz CT molecular complexity index is 2360. The Morgan fingerprint density at radius 3 is 1.02 bits per heavy atom. The number of anilines is 6. The highest BCUT2D eigenvalue weighted by atomic mass is 16.5. The third-order valence-corrected chi connectivity index (χ3v) is 9.85. The summed E-state index contributed by atoms with van der Waals surface area (Å²) in [5.41, 5.74) is 12.8. The van der Waals surface area contributed by atoms with Crippen LogP contribution in [0.25, 0.3) is 22.3 Å². The van der Waals surface area contributed by atoms with Gasteiger partial charge in [-0.3, -0.25) is 0 Å². The Hall–Kier alpha value is -7.28. The largest absolute Gasteiger partial charge is 0.453 e. The lowest BCUT2D eigenvalue weighted by Gasteiger charge is -2.40. The van der Waals surface area contributed by atoms with Gasteiger partial charge in [0.2, 0.25) is 0 Å². The van der Waals surface area contributed by atoms with Gasteiger partial charge < -0.3 is 19.3 Å². The molecule has 246 valence electrons. The van der Waals surface area contributed by atoms with Crippen molar-refractivity contribution >= 4 is 34.1 Å². The maximum Gasteiger partial charge on any atom is 0.151 e. The second-order valence-corrected chi connectivity index (χ2v) is 12.8. The molecule has 0 fully saturated rings. The third kappa shape index (κ3) is 4.78. The van der Waals surface area contributed by atoms with Crippen molar-refractivity contribution in [1.29, 1.82) is 10.5 Å². The number of rotatable bonds is 4. The Morgan fingerprint density at radius 2 is 0.712 bits per heavy atom. The summed E-state index contributed by atoms with van der Waals surface area (Å²) < 4.78 is 13.0. The molecule has 0 saturated heterocycles. The first-order chi connectivity index (χ1) is 25.6. The Kier molecular flexibility index (Phi) is 7.24. The zero-order valence-corrected chi connectivity index (χ0v) is 28.5. The smallest absolute Gasteiger partial charge is 0.151 e. The molecule has 0 aliphatic carbocycles. The molecule has 0 saturated carbocycles. The molecule has 6 heteroatoms. The van der Waals surface area contributed by atoms with Crippen molar-refractivity contribution in [2.24, 2.45) is 0 Å². The van der Waals surface area contributed by atoms with Gasteiger partial charge >= 0.3 is 0 Å². The fourth-order valence-corrected chi connectivity index (χ4v) is 7.55. The molecule has 2 heterocycles. The van der Waals surface area contributed by atoms with Crippen molar-refractivity contribution in [3.63, 3.8) is 0 Å². The van der Waals surface area contributed by atoms with Gasteiger partial charge in [-0.1, -0.05) is 72.8 Å². The second kappa shape index (κ2) is 12.2. The summed E-state index contributed by atoms with van der Waals surface area (Å²) in [6.45, 7) is 4.36. The van der Waals surface area contributed by atoms with Crippen LogP contribution in [0.15, 0.2) is 146 Å². The van der Waals surface area contributed by atoms with Gasteiger partial charge in [0, 0.05) is 11.1 Å². The molecule has 0 N–H and O–H groups in total. The average Bonchev–Trinajstić information content (AvgIpc) is 3.20. The van der Waals surface area contributed by atoms with E-state index in [1.165, 1.54) is 0 Å². The molecular weight excluding hydrogens is 641 g/mol. The zero-order valence-electron chi connectivity index (χ0n) is 28.5. The van der Waals surface area contributed by atoms with Gasteiger partial charge in [-0.25, -0.2) is 0 Å². The predicted molar refractivity (Wildman–Crippen MR) is 206 cm³/mol. The lowest BCUT2D eigenvalue weighted by Crippen LogP contribution is -2.22. The lowest BCUT2D eigenvalue weighted by atomic mass is 9.84. The van der Waals surface area contributed by atoms with E-state index in [1.54, 1.807) is 0 Å². The number of ether oxygens (including phenoxy) is 2. The molecule has 0 atom stereocenters. The van der Waals surface area contributed by atoms with E-state index < -0.39 is 0 Å². The topological polar surface area (TPSA) is 72.5 Å². The van der Waals surface area contributed by atoms with Crippen LogP contribution in [-0.4, -0.2) is 0 Å². The minimum Gasteiger partial charge on any atom is -0.453 e. The van der Waals surface area contributed by atoms with Gasteiger partial charge in [-0.2, -0.15) is 10.5 Å². The van der Waals surface area contributed by atoms with Crippen LogP contribution < -0.4 is 19.3 Å². The quantitative estimate of drug-likeness (QED) is 0.186. The molecule has 0 radical (unpaired) electrons. The molecule has 7 aromatic rings. The molecule has 2 aliphatic heterocycles. The van der Waals surface area contributed by atoms with Crippen LogP contribution in [-0.2, 0) is 0 Å². The van der Waals surface area contributed by atoms with Gasteiger partial charge in [0.1, 0.15) is 0 Å². The first-order valence-corrected chi connectivity index (χ1v) is 17.1.